The molecule has 0 heterocycles. The van der Waals surface area contributed by atoms with E-state index in [1.54, 1.807) is 0 Å². The summed E-state index contributed by atoms with van der Waals surface area (Å²) < 4.78 is 15.2. The zero-order valence-electron chi connectivity index (χ0n) is 13.5. The molecule has 23 heavy (non-hydrogen) atoms. The van der Waals surface area contributed by atoms with Crippen LogP contribution in [0.5, 0.6) is 0 Å². The number of benzene rings is 2. The normalized spacial score (nSPS) is 13.7. The minimum atomic E-state index is -1.22. The Bertz CT molecular complexity index is 724. The van der Waals surface area contributed by atoms with Crippen LogP contribution in [0.1, 0.15) is 37.9 Å². The minimum Gasteiger partial charge on any atom is -0.242 e. The van der Waals surface area contributed by atoms with Gasteiger partial charge in [0, 0.05) is 10.6 Å². The average molecular weight is 346 g/mol. The molecule has 0 aliphatic carbocycles. The Hall–Kier alpha value is -1.60. The van der Waals surface area contributed by atoms with Gasteiger partial charge >= 0.3 is 0 Å². The van der Waals surface area contributed by atoms with Gasteiger partial charge in [0.15, 0.2) is 0 Å². The lowest BCUT2D eigenvalue weighted by Gasteiger charge is -2.21. The topological polar surface area (TPSA) is 29.1 Å². The van der Waals surface area contributed by atoms with Crippen molar-refractivity contribution < 1.29 is 4.21 Å². The third kappa shape index (κ3) is 5.51. The molecule has 0 amide bonds. The van der Waals surface area contributed by atoms with Crippen LogP contribution in [0.4, 0.5) is 0 Å². The monoisotopic (exact) mass is 345 g/mol. The summed E-state index contributed by atoms with van der Waals surface area (Å²) in [5.41, 5.74) is 1.87. The molecule has 0 fully saturated rings. The lowest BCUT2D eigenvalue weighted by molar-refractivity contribution is 0.629. The van der Waals surface area contributed by atoms with E-state index >= 15 is 0 Å². The van der Waals surface area contributed by atoms with Crippen molar-refractivity contribution in [2.45, 2.75) is 31.6 Å². The van der Waals surface area contributed by atoms with Gasteiger partial charge in [-0.2, -0.15) is 0 Å². The summed E-state index contributed by atoms with van der Waals surface area (Å²) >= 11 is 5.95. The summed E-state index contributed by atoms with van der Waals surface area (Å²) in [6.07, 6.45) is 0. The van der Waals surface area contributed by atoms with Crippen LogP contribution in [-0.2, 0) is 11.0 Å². The van der Waals surface area contributed by atoms with E-state index in [9.17, 15) is 4.21 Å². The summed E-state index contributed by atoms with van der Waals surface area (Å²) in [4.78, 5) is 0. The van der Waals surface area contributed by atoms with Gasteiger partial charge in [-0.15, -0.1) is 0 Å². The second kappa shape index (κ2) is 7.79. The van der Waals surface area contributed by atoms with Gasteiger partial charge in [-0.25, -0.2) is 8.93 Å². The molecule has 0 aliphatic heterocycles. The first-order valence-corrected chi connectivity index (χ1v) is 8.89. The highest BCUT2D eigenvalue weighted by Crippen LogP contribution is 2.19. The summed E-state index contributed by atoms with van der Waals surface area (Å²) in [6.45, 7) is 5.79. The summed E-state index contributed by atoms with van der Waals surface area (Å²) in [5.74, 6) is 6.31. The van der Waals surface area contributed by atoms with Crippen molar-refractivity contribution in [2.75, 3.05) is 0 Å². The molecule has 2 aromatic carbocycles. The van der Waals surface area contributed by atoms with E-state index in [-0.39, 0.29) is 10.8 Å². The molecule has 0 unspecified atom stereocenters. The first kappa shape index (κ1) is 17.7. The molecule has 0 saturated heterocycles. The fourth-order valence-corrected chi connectivity index (χ4v) is 2.69. The van der Waals surface area contributed by atoms with E-state index in [4.69, 9.17) is 11.6 Å². The van der Waals surface area contributed by atoms with Crippen LogP contribution in [-0.4, -0.2) is 8.96 Å². The van der Waals surface area contributed by atoms with Crippen molar-refractivity contribution in [3.05, 3.63) is 70.7 Å². The molecule has 0 spiro atoms. The number of hydrogen-bond donors (Lipinski definition) is 1. The predicted molar refractivity (Wildman–Crippen MR) is 98.5 cm³/mol. The van der Waals surface area contributed by atoms with Gasteiger partial charge in [0.2, 0.25) is 0 Å². The first-order valence-electron chi connectivity index (χ1n) is 7.36. The SMILES string of the molecule is CC(C)(C)[S@@](=O)N[C@@H](C#Cc1ccccc1)c1ccc(Cl)cc1. The minimum absolute atomic E-state index is 0.326. The Labute approximate surface area is 145 Å². The van der Waals surface area contributed by atoms with Crippen LogP contribution >= 0.6 is 11.6 Å². The lowest BCUT2D eigenvalue weighted by atomic mass is 10.1. The molecule has 0 aromatic heterocycles. The molecule has 2 aromatic rings. The molecule has 0 saturated carbocycles. The molecular weight excluding hydrogens is 326 g/mol. The van der Waals surface area contributed by atoms with Gasteiger partial charge in [-0.05, 0) is 50.6 Å². The maximum absolute atomic E-state index is 12.4. The van der Waals surface area contributed by atoms with E-state index < -0.39 is 11.0 Å². The van der Waals surface area contributed by atoms with Crippen molar-refractivity contribution in [1.29, 1.82) is 0 Å². The van der Waals surface area contributed by atoms with E-state index in [0.29, 0.717) is 5.02 Å². The molecule has 0 radical (unpaired) electrons. The zero-order chi connectivity index (χ0) is 16.9. The summed E-state index contributed by atoms with van der Waals surface area (Å²) in [7, 11) is -1.22. The van der Waals surface area contributed by atoms with Gasteiger partial charge in [0.25, 0.3) is 0 Å². The third-order valence-electron chi connectivity index (χ3n) is 3.12. The van der Waals surface area contributed by atoms with Crippen LogP contribution in [0.25, 0.3) is 0 Å². The highest BCUT2D eigenvalue weighted by atomic mass is 35.5. The second-order valence-corrected chi connectivity index (χ2v) is 8.55. The Morgan fingerprint density at radius 1 is 1.04 bits per heavy atom. The number of rotatable bonds is 3. The van der Waals surface area contributed by atoms with Crippen molar-refractivity contribution >= 4 is 22.6 Å². The standard InChI is InChI=1S/C19H20ClNOS/c1-19(2,3)23(22)21-18(16-10-12-17(20)13-11-16)14-9-15-7-5-4-6-8-15/h4-8,10-13,18,21H,1-3H3/t18-,23+/m0/s1. The van der Waals surface area contributed by atoms with Crippen molar-refractivity contribution in [3.8, 4) is 11.8 Å². The van der Waals surface area contributed by atoms with Crippen LogP contribution in [0.2, 0.25) is 5.02 Å². The Morgan fingerprint density at radius 3 is 2.22 bits per heavy atom. The van der Waals surface area contributed by atoms with Gasteiger partial charge in [-0.1, -0.05) is 53.8 Å². The van der Waals surface area contributed by atoms with Crippen LogP contribution in [0.3, 0.4) is 0 Å². The molecule has 0 bridgehead atoms. The number of hydrogen-bond acceptors (Lipinski definition) is 1. The summed E-state index contributed by atoms with van der Waals surface area (Å²) in [6, 6.07) is 16.9. The van der Waals surface area contributed by atoms with Gasteiger partial charge in [-0.3, -0.25) is 0 Å². The fourth-order valence-electron chi connectivity index (χ4n) is 1.80. The molecule has 2 nitrogen and oxygen atoms in total. The second-order valence-electron chi connectivity index (χ2n) is 6.12. The predicted octanol–water partition coefficient (Wildman–Crippen LogP) is 4.48. The van der Waals surface area contributed by atoms with Crippen LogP contribution in [0, 0.1) is 11.8 Å². The number of halogens is 1. The highest BCUT2D eigenvalue weighted by Gasteiger charge is 2.22. The molecule has 120 valence electrons. The smallest absolute Gasteiger partial charge is 0.106 e. The van der Waals surface area contributed by atoms with E-state index in [1.165, 1.54) is 0 Å². The van der Waals surface area contributed by atoms with Crippen molar-refractivity contribution in [2.24, 2.45) is 0 Å². The lowest BCUT2D eigenvalue weighted by Crippen LogP contribution is -2.35. The molecular formula is C19H20ClNOS. The molecule has 2 atom stereocenters. The molecule has 2 rings (SSSR count). The number of nitrogens with one attached hydrogen (secondary N) is 1. The highest BCUT2D eigenvalue weighted by molar-refractivity contribution is 7.84. The quantitative estimate of drug-likeness (QED) is 0.816. The largest absolute Gasteiger partial charge is 0.242 e. The van der Waals surface area contributed by atoms with E-state index in [1.807, 2.05) is 75.4 Å². The van der Waals surface area contributed by atoms with Gasteiger partial charge < -0.3 is 0 Å². The van der Waals surface area contributed by atoms with E-state index in [0.717, 1.165) is 11.1 Å². The average Bonchev–Trinajstić information content (AvgIpc) is 2.52. The molecule has 0 aliphatic rings. The van der Waals surface area contributed by atoms with Crippen molar-refractivity contribution in [1.82, 2.24) is 4.72 Å². The zero-order valence-corrected chi connectivity index (χ0v) is 15.0. The maximum Gasteiger partial charge on any atom is 0.106 e. The van der Waals surface area contributed by atoms with Gasteiger partial charge in [0.05, 0.1) is 15.7 Å². The first-order chi connectivity index (χ1) is 10.9. The fraction of sp³-hybridized carbons (Fsp3) is 0.263. The van der Waals surface area contributed by atoms with Crippen LogP contribution < -0.4 is 4.72 Å². The Morgan fingerprint density at radius 2 is 1.65 bits per heavy atom. The Kier molecular flexibility index (Phi) is 6.01. The third-order valence-corrected chi connectivity index (χ3v) is 4.93. The van der Waals surface area contributed by atoms with Gasteiger partial charge in [0.1, 0.15) is 6.04 Å². The molecule has 1 N–H and O–H groups in total. The van der Waals surface area contributed by atoms with Crippen molar-refractivity contribution in [3.63, 3.8) is 0 Å². The van der Waals surface area contributed by atoms with E-state index in [2.05, 4.69) is 16.6 Å². The Balaban J connectivity index is 2.30. The molecule has 4 heteroatoms. The van der Waals surface area contributed by atoms with Crippen LogP contribution in [0.15, 0.2) is 54.6 Å². The maximum atomic E-state index is 12.4. The summed E-state index contributed by atoms with van der Waals surface area (Å²) in [5, 5.41) is 0.667.